The maximum Gasteiger partial charge on any atom is 0.246 e. The minimum Gasteiger partial charge on any atom is -0.332 e. The second-order valence-corrected chi connectivity index (χ2v) is 4.40. The van der Waals surface area contributed by atoms with Gasteiger partial charge in [-0.3, -0.25) is 9.59 Å². The van der Waals surface area contributed by atoms with Crippen LogP contribution >= 0.6 is 0 Å². The third-order valence-corrected chi connectivity index (χ3v) is 3.49. The number of hydrogen-bond acceptors (Lipinski definition) is 2. The summed E-state index contributed by atoms with van der Waals surface area (Å²) in [6.45, 7) is 5.81. The van der Waals surface area contributed by atoms with Crippen molar-refractivity contribution in [3.8, 4) is 0 Å². The van der Waals surface area contributed by atoms with Gasteiger partial charge in [-0.25, -0.2) is 0 Å². The van der Waals surface area contributed by atoms with Crippen molar-refractivity contribution in [2.24, 2.45) is 5.92 Å². The van der Waals surface area contributed by atoms with E-state index < -0.39 is 0 Å². The summed E-state index contributed by atoms with van der Waals surface area (Å²) in [6, 6.07) is -0.619. The van der Waals surface area contributed by atoms with E-state index in [2.05, 4.69) is 0 Å². The molecular weight excluding hydrogens is 192 g/mol. The molecule has 0 bridgehead atoms. The largest absolute Gasteiger partial charge is 0.332 e. The van der Waals surface area contributed by atoms with Crippen molar-refractivity contribution < 1.29 is 9.59 Å². The van der Waals surface area contributed by atoms with Crippen molar-refractivity contribution in [3.05, 3.63) is 0 Å². The van der Waals surface area contributed by atoms with Gasteiger partial charge in [0.05, 0.1) is 0 Å². The van der Waals surface area contributed by atoms with Crippen LogP contribution in [0, 0.1) is 5.92 Å². The van der Waals surface area contributed by atoms with Gasteiger partial charge >= 0.3 is 0 Å². The fraction of sp³-hybridized carbons (Fsp3) is 0.818. The Morgan fingerprint density at radius 2 is 1.73 bits per heavy atom. The molecule has 1 heterocycles. The van der Waals surface area contributed by atoms with Gasteiger partial charge in [0.2, 0.25) is 11.8 Å². The van der Waals surface area contributed by atoms with Gasteiger partial charge in [-0.1, -0.05) is 20.3 Å². The van der Waals surface area contributed by atoms with Crippen LogP contribution in [0.2, 0.25) is 0 Å². The van der Waals surface area contributed by atoms with Crippen molar-refractivity contribution in [1.29, 1.82) is 0 Å². The highest BCUT2D eigenvalue weighted by atomic mass is 16.2. The molecule has 0 N–H and O–H groups in total. The average Bonchev–Trinajstić information content (AvgIpc) is 2.23. The molecule has 0 aromatic heterocycles. The van der Waals surface area contributed by atoms with E-state index in [4.69, 9.17) is 0 Å². The summed E-state index contributed by atoms with van der Waals surface area (Å²) >= 11 is 0. The first-order valence-corrected chi connectivity index (χ1v) is 5.45. The average molecular weight is 212 g/mol. The summed E-state index contributed by atoms with van der Waals surface area (Å²) in [5.41, 5.74) is 0. The summed E-state index contributed by atoms with van der Waals surface area (Å²) in [5, 5.41) is 0. The molecule has 4 nitrogen and oxygen atoms in total. The van der Waals surface area contributed by atoms with E-state index in [1.165, 1.54) is 0 Å². The zero-order valence-electron chi connectivity index (χ0n) is 10.2. The highest BCUT2D eigenvalue weighted by Gasteiger charge is 2.42. The number of carbonyl (C=O) groups excluding carboxylic acids is 2. The molecular formula is C11H20N2O2. The predicted octanol–water partition coefficient (Wildman–Crippen LogP) is 0.720. The molecule has 86 valence electrons. The molecule has 15 heavy (non-hydrogen) atoms. The number of nitrogens with zero attached hydrogens (tertiary/aromatic N) is 2. The molecule has 0 aliphatic carbocycles. The summed E-state index contributed by atoms with van der Waals surface area (Å²) in [7, 11) is 3.42. The van der Waals surface area contributed by atoms with Crippen LogP contribution in [0.5, 0.6) is 0 Å². The summed E-state index contributed by atoms with van der Waals surface area (Å²) in [6.07, 6.45) is 0.899. The van der Waals surface area contributed by atoms with Gasteiger partial charge in [0.1, 0.15) is 12.1 Å². The molecule has 0 aromatic rings. The maximum absolute atomic E-state index is 12.0. The molecule has 4 heteroatoms. The third-order valence-electron chi connectivity index (χ3n) is 3.49. The van der Waals surface area contributed by atoms with Crippen molar-refractivity contribution in [2.75, 3.05) is 14.1 Å². The standard InChI is InChI=1S/C11H20N2O2/c1-6-7(2)9-11(15)12(4)8(3)10(14)13(9)5/h7-9H,6H2,1-5H3/t7?,8-,9-/m0/s1. The number of amides is 2. The molecule has 1 fully saturated rings. The van der Waals surface area contributed by atoms with Gasteiger partial charge in [0, 0.05) is 14.1 Å². The Bertz CT molecular complexity index is 278. The highest BCUT2D eigenvalue weighted by molar-refractivity contribution is 5.96. The molecule has 1 aliphatic rings. The van der Waals surface area contributed by atoms with E-state index >= 15 is 0 Å². The van der Waals surface area contributed by atoms with Crippen LogP contribution in [0.25, 0.3) is 0 Å². The Hall–Kier alpha value is -1.06. The minimum absolute atomic E-state index is 0.0300. The fourth-order valence-electron chi connectivity index (χ4n) is 2.01. The van der Waals surface area contributed by atoms with E-state index in [0.717, 1.165) is 6.42 Å². The lowest BCUT2D eigenvalue weighted by Gasteiger charge is -2.42. The van der Waals surface area contributed by atoms with Gasteiger partial charge in [-0.2, -0.15) is 0 Å². The minimum atomic E-state index is -0.331. The van der Waals surface area contributed by atoms with Crippen LogP contribution in [0.4, 0.5) is 0 Å². The molecule has 1 aliphatic heterocycles. The van der Waals surface area contributed by atoms with E-state index in [1.54, 1.807) is 30.8 Å². The smallest absolute Gasteiger partial charge is 0.246 e. The van der Waals surface area contributed by atoms with Gasteiger partial charge in [-0.15, -0.1) is 0 Å². The Balaban J connectivity index is 2.97. The zero-order chi connectivity index (χ0) is 11.7. The number of hydrogen-bond donors (Lipinski definition) is 0. The molecule has 3 atom stereocenters. The summed E-state index contributed by atoms with van der Waals surface area (Å²) in [4.78, 5) is 27.0. The van der Waals surface area contributed by atoms with Crippen LogP contribution in [-0.4, -0.2) is 47.8 Å². The molecule has 1 rings (SSSR count). The predicted molar refractivity (Wildman–Crippen MR) is 58.2 cm³/mol. The molecule has 1 unspecified atom stereocenters. The number of rotatable bonds is 2. The van der Waals surface area contributed by atoms with Crippen molar-refractivity contribution in [2.45, 2.75) is 39.3 Å². The zero-order valence-corrected chi connectivity index (χ0v) is 10.2. The van der Waals surface area contributed by atoms with Gasteiger partial charge in [0.25, 0.3) is 0 Å². The monoisotopic (exact) mass is 212 g/mol. The van der Waals surface area contributed by atoms with E-state index in [0.29, 0.717) is 0 Å². The van der Waals surface area contributed by atoms with Crippen molar-refractivity contribution in [1.82, 2.24) is 9.80 Å². The second-order valence-electron chi connectivity index (χ2n) is 4.40. The lowest BCUT2D eigenvalue weighted by atomic mass is 9.93. The Kier molecular flexibility index (Phi) is 3.37. The lowest BCUT2D eigenvalue weighted by Crippen LogP contribution is -2.63. The Labute approximate surface area is 91.2 Å². The first kappa shape index (κ1) is 12.0. The first-order valence-electron chi connectivity index (χ1n) is 5.45. The maximum atomic E-state index is 12.0. The van der Waals surface area contributed by atoms with Gasteiger partial charge < -0.3 is 9.80 Å². The van der Waals surface area contributed by atoms with Gasteiger partial charge in [0.15, 0.2) is 0 Å². The third kappa shape index (κ3) is 1.85. The van der Waals surface area contributed by atoms with Crippen molar-refractivity contribution >= 4 is 11.8 Å². The molecule has 1 saturated heterocycles. The van der Waals surface area contributed by atoms with E-state index in [-0.39, 0.29) is 29.8 Å². The Morgan fingerprint density at radius 1 is 1.20 bits per heavy atom. The lowest BCUT2D eigenvalue weighted by molar-refractivity contribution is -0.159. The molecule has 2 amide bonds. The van der Waals surface area contributed by atoms with E-state index in [1.807, 2.05) is 13.8 Å². The van der Waals surface area contributed by atoms with Crippen molar-refractivity contribution in [3.63, 3.8) is 0 Å². The SMILES string of the molecule is CCC(C)[C@H]1C(=O)N(C)[C@@H](C)C(=O)N1C. The summed E-state index contributed by atoms with van der Waals surface area (Å²) < 4.78 is 0. The van der Waals surface area contributed by atoms with Crippen LogP contribution in [-0.2, 0) is 9.59 Å². The van der Waals surface area contributed by atoms with E-state index in [9.17, 15) is 9.59 Å². The van der Waals surface area contributed by atoms with Crippen LogP contribution in [0.1, 0.15) is 27.2 Å². The molecule has 0 saturated carbocycles. The second kappa shape index (κ2) is 4.21. The quantitative estimate of drug-likeness (QED) is 0.676. The fourth-order valence-corrected chi connectivity index (χ4v) is 2.01. The number of carbonyl (C=O) groups is 2. The number of piperazine rings is 1. The molecule has 0 spiro atoms. The highest BCUT2D eigenvalue weighted by Crippen LogP contribution is 2.22. The van der Waals surface area contributed by atoms with Crippen LogP contribution < -0.4 is 0 Å². The van der Waals surface area contributed by atoms with Gasteiger partial charge in [-0.05, 0) is 12.8 Å². The summed E-state index contributed by atoms with van der Waals surface area (Å²) in [5.74, 6) is 0.294. The topological polar surface area (TPSA) is 40.6 Å². The normalized spacial score (nSPS) is 29.7. The Morgan fingerprint density at radius 3 is 2.20 bits per heavy atom. The molecule has 0 aromatic carbocycles. The van der Waals surface area contributed by atoms with Crippen LogP contribution in [0.3, 0.4) is 0 Å². The number of likely N-dealkylation sites (N-methyl/N-ethyl adjacent to an activating group) is 2. The van der Waals surface area contributed by atoms with Crippen LogP contribution in [0.15, 0.2) is 0 Å². The molecule has 0 radical (unpaired) electrons. The first-order chi connectivity index (χ1) is 6.91.